The van der Waals surface area contributed by atoms with Gasteiger partial charge in [0.25, 0.3) is 0 Å². The van der Waals surface area contributed by atoms with E-state index in [2.05, 4.69) is 34.2 Å². The van der Waals surface area contributed by atoms with Crippen molar-refractivity contribution in [3.8, 4) is 0 Å². The number of pyridine rings is 1. The lowest BCUT2D eigenvalue weighted by Gasteiger charge is -2.44. The summed E-state index contributed by atoms with van der Waals surface area (Å²) in [6.07, 6.45) is 4.12. The quantitative estimate of drug-likeness (QED) is 0.910. The SMILES string of the molecule is CNCc1cc(C)nc(N2CCN3CCCCC3C2)c1. The van der Waals surface area contributed by atoms with Crippen LogP contribution in [0, 0.1) is 6.92 Å². The number of nitrogens with one attached hydrogen (secondary N) is 1. The van der Waals surface area contributed by atoms with E-state index in [4.69, 9.17) is 4.98 Å². The molecule has 1 aromatic heterocycles. The van der Waals surface area contributed by atoms with E-state index >= 15 is 0 Å². The minimum atomic E-state index is 0.743. The zero-order valence-electron chi connectivity index (χ0n) is 12.7. The van der Waals surface area contributed by atoms with E-state index in [1.165, 1.54) is 43.7 Å². The molecular weight excluding hydrogens is 248 g/mol. The van der Waals surface area contributed by atoms with Crippen molar-refractivity contribution in [2.24, 2.45) is 0 Å². The summed E-state index contributed by atoms with van der Waals surface area (Å²) < 4.78 is 0. The fourth-order valence-electron chi connectivity index (χ4n) is 3.55. The van der Waals surface area contributed by atoms with Crippen LogP contribution in [0.2, 0.25) is 0 Å². The van der Waals surface area contributed by atoms with Crippen LogP contribution < -0.4 is 10.2 Å². The number of hydrogen-bond donors (Lipinski definition) is 1. The lowest BCUT2D eigenvalue weighted by atomic mass is 9.99. The van der Waals surface area contributed by atoms with E-state index in [9.17, 15) is 0 Å². The summed E-state index contributed by atoms with van der Waals surface area (Å²) in [5.74, 6) is 1.17. The predicted octanol–water partition coefficient (Wildman–Crippen LogP) is 1.78. The number of fused-ring (bicyclic) bond motifs is 1. The third-order valence-corrected chi connectivity index (χ3v) is 4.54. The third-order valence-electron chi connectivity index (χ3n) is 4.54. The van der Waals surface area contributed by atoms with Crippen molar-refractivity contribution in [2.45, 2.75) is 38.8 Å². The minimum absolute atomic E-state index is 0.743. The molecule has 0 spiro atoms. The number of aryl methyl sites for hydroxylation is 1. The molecule has 3 heterocycles. The Hall–Kier alpha value is -1.13. The van der Waals surface area contributed by atoms with Crippen molar-refractivity contribution < 1.29 is 0 Å². The lowest BCUT2D eigenvalue weighted by Crippen LogP contribution is -2.55. The normalized spacial score (nSPS) is 23.7. The van der Waals surface area contributed by atoms with Gasteiger partial charge in [0, 0.05) is 37.9 Å². The van der Waals surface area contributed by atoms with Crippen LogP contribution in [0.1, 0.15) is 30.5 Å². The average Bonchev–Trinajstić information content (AvgIpc) is 2.46. The number of piperazine rings is 1. The Morgan fingerprint density at radius 2 is 2.15 bits per heavy atom. The summed E-state index contributed by atoms with van der Waals surface area (Å²) in [7, 11) is 2.00. The maximum absolute atomic E-state index is 4.76. The van der Waals surface area contributed by atoms with Crippen LogP contribution in [0.25, 0.3) is 0 Å². The summed E-state index contributed by atoms with van der Waals surface area (Å²) in [5.41, 5.74) is 2.46. The number of anilines is 1. The van der Waals surface area contributed by atoms with Gasteiger partial charge < -0.3 is 10.2 Å². The maximum Gasteiger partial charge on any atom is 0.129 e. The third kappa shape index (κ3) is 2.96. The molecule has 1 N–H and O–H groups in total. The molecule has 0 aliphatic carbocycles. The second kappa shape index (κ2) is 6.10. The Kier molecular flexibility index (Phi) is 4.22. The Labute approximate surface area is 122 Å². The number of aromatic nitrogens is 1. The van der Waals surface area contributed by atoms with Crippen molar-refractivity contribution in [3.05, 3.63) is 23.4 Å². The van der Waals surface area contributed by atoms with Crippen LogP contribution >= 0.6 is 0 Å². The number of rotatable bonds is 3. The van der Waals surface area contributed by atoms with E-state index in [-0.39, 0.29) is 0 Å². The summed E-state index contributed by atoms with van der Waals surface area (Å²) in [4.78, 5) is 9.91. The highest BCUT2D eigenvalue weighted by molar-refractivity contribution is 5.43. The maximum atomic E-state index is 4.76. The molecule has 0 saturated carbocycles. The molecule has 0 amide bonds. The van der Waals surface area contributed by atoms with E-state index < -0.39 is 0 Å². The summed E-state index contributed by atoms with van der Waals surface area (Å²) in [6.45, 7) is 7.77. The van der Waals surface area contributed by atoms with Gasteiger partial charge in [-0.3, -0.25) is 4.90 Å². The van der Waals surface area contributed by atoms with Crippen LogP contribution in [-0.2, 0) is 6.54 Å². The summed E-state index contributed by atoms with van der Waals surface area (Å²) in [5, 5.41) is 3.23. The molecule has 110 valence electrons. The molecule has 0 bridgehead atoms. The van der Waals surface area contributed by atoms with Gasteiger partial charge in [-0.25, -0.2) is 4.98 Å². The second-order valence-corrected chi connectivity index (χ2v) is 6.14. The van der Waals surface area contributed by atoms with Gasteiger partial charge in [0.2, 0.25) is 0 Å². The molecular formula is C16H26N4. The molecule has 4 nitrogen and oxygen atoms in total. The Balaban J connectivity index is 1.75. The molecule has 2 aliphatic rings. The Morgan fingerprint density at radius 3 is 3.00 bits per heavy atom. The highest BCUT2D eigenvalue weighted by Gasteiger charge is 2.29. The first kappa shape index (κ1) is 13.8. The van der Waals surface area contributed by atoms with Crippen molar-refractivity contribution in [3.63, 3.8) is 0 Å². The van der Waals surface area contributed by atoms with Crippen LogP contribution in [0.15, 0.2) is 12.1 Å². The van der Waals surface area contributed by atoms with Crippen LogP contribution in [0.3, 0.4) is 0 Å². The average molecular weight is 274 g/mol. The molecule has 4 heteroatoms. The Morgan fingerprint density at radius 1 is 1.25 bits per heavy atom. The van der Waals surface area contributed by atoms with Crippen LogP contribution in [0.4, 0.5) is 5.82 Å². The first-order chi connectivity index (χ1) is 9.76. The fourth-order valence-corrected chi connectivity index (χ4v) is 3.55. The molecule has 2 aliphatic heterocycles. The van der Waals surface area contributed by atoms with Gasteiger partial charge >= 0.3 is 0 Å². The van der Waals surface area contributed by atoms with Crippen molar-refractivity contribution in [1.29, 1.82) is 0 Å². The molecule has 20 heavy (non-hydrogen) atoms. The number of nitrogens with zero attached hydrogens (tertiary/aromatic N) is 3. The highest BCUT2D eigenvalue weighted by Crippen LogP contribution is 2.24. The topological polar surface area (TPSA) is 31.4 Å². The van der Waals surface area contributed by atoms with Gasteiger partial charge in [0.05, 0.1) is 0 Å². The standard InChI is InChI=1S/C16H26N4/c1-13-9-14(11-17-2)10-16(18-13)20-8-7-19-6-4-3-5-15(19)12-20/h9-10,15,17H,3-8,11-12H2,1-2H3. The smallest absolute Gasteiger partial charge is 0.129 e. The van der Waals surface area contributed by atoms with Crippen LogP contribution in [0.5, 0.6) is 0 Å². The monoisotopic (exact) mass is 274 g/mol. The zero-order chi connectivity index (χ0) is 13.9. The van der Waals surface area contributed by atoms with Gasteiger partial charge in [-0.2, -0.15) is 0 Å². The van der Waals surface area contributed by atoms with E-state index in [1.807, 2.05) is 7.05 Å². The van der Waals surface area contributed by atoms with Crippen molar-refractivity contribution >= 4 is 5.82 Å². The number of piperidine rings is 1. The molecule has 0 radical (unpaired) electrons. The van der Waals surface area contributed by atoms with Crippen molar-refractivity contribution in [2.75, 3.05) is 38.1 Å². The molecule has 1 atom stereocenters. The minimum Gasteiger partial charge on any atom is -0.354 e. The van der Waals surface area contributed by atoms with Gasteiger partial charge in [-0.05, 0) is 51.1 Å². The van der Waals surface area contributed by atoms with E-state index in [0.29, 0.717) is 0 Å². The van der Waals surface area contributed by atoms with Gasteiger partial charge in [0.15, 0.2) is 0 Å². The zero-order valence-corrected chi connectivity index (χ0v) is 12.7. The van der Waals surface area contributed by atoms with Gasteiger partial charge in [-0.15, -0.1) is 0 Å². The van der Waals surface area contributed by atoms with Crippen molar-refractivity contribution in [1.82, 2.24) is 15.2 Å². The number of hydrogen-bond acceptors (Lipinski definition) is 4. The molecule has 1 aromatic rings. The lowest BCUT2D eigenvalue weighted by molar-refractivity contribution is 0.133. The van der Waals surface area contributed by atoms with Gasteiger partial charge in [-0.1, -0.05) is 6.42 Å². The van der Waals surface area contributed by atoms with Crippen LogP contribution in [-0.4, -0.2) is 49.2 Å². The first-order valence-electron chi connectivity index (χ1n) is 7.87. The fraction of sp³-hybridized carbons (Fsp3) is 0.688. The molecule has 1 unspecified atom stereocenters. The Bertz CT molecular complexity index is 460. The summed E-state index contributed by atoms with van der Waals surface area (Å²) >= 11 is 0. The second-order valence-electron chi connectivity index (χ2n) is 6.14. The molecule has 0 aromatic carbocycles. The first-order valence-corrected chi connectivity index (χ1v) is 7.87. The molecule has 2 fully saturated rings. The molecule has 2 saturated heterocycles. The predicted molar refractivity (Wildman–Crippen MR) is 83.2 cm³/mol. The highest BCUT2D eigenvalue weighted by atomic mass is 15.3. The van der Waals surface area contributed by atoms with E-state index in [0.717, 1.165) is 31.4 Å². The van der Waals surface area contributed by atoms with Gasteiger partial charge in [0.1, 0.15) is 5.82 Å². The largest absolute Gasteiger partial charge is 0.354 e. The van der Waals surface area contributed by atoms with E-state index in [1.54, 1.807) is 0 Å². The summed E-state index contributed by atoms with van der Waals surface area (Å²) in [6, 6.07) is 5.17. The molecule has 3 rings (SSSR count).